The average Bonchev–Trinajstić information content (AvgIpc) is 3.01. The molecule has 21 heavy (non-hydrogen) atoms. The number of nitrogens with zero attached hydrogens (tertiary/aromatic N) is 5. The van der Waals surface area contributed by atoms with E-state index in [1.165, 1.54) is 6.33 Å². The van der Waals surface area contributed by atoms with Crippen LogP contribution in [0.3, 0.4) is 0 Å². The Bertz CT molecular complexity index is 610. The number of rotatable bonds is 3. The van der Waals surface area contributed by atoms with Crippen molar-refractivity contribution < 1.29 is 4.79 Å². The number of carbonyl (C=O) groups is 1. The molecular formula is C15H19N5O. The Labute approximate surface area is 123 Å². The molecule has 6 heteroatoms. The molecule has 1 saturated heterocycles. The first kappa shape index (κ1) is 13.7. The molecule has 0 saturated carbocycles. The monoisotopic (exact) mass is 285 g/mol. The molecule has 1 aliphatic rings. The highest BCUT2D eigenvalue weighted by atomic mass is 16.2. The van der Waals surface area contributed by atoms with E-state index in [1.807, 2.05) is 28.8 Å². The highest BCUT2D eigenvalue weighted by Crippen LogP contribution is 2.21. The first-order valence-corrected chi connectivity index (χ1v) is 7.30. The summed E-state index contributed by atoms with van der Waals surface area (Å²) in [4.78, 5) is 22.8. The second kappa shape index (κ2) is 6.03. The Balaban J connectivity index is 1.80. The van der Waals surface area contributed by atoms with Gasteiger partial charge in [-0.05, 0) is 32.3 Å². The lowest BCUT2D eigenvalue weighted by molar-refractivity contribution is 0.0582. The smallest absolute Gasteiger partial charge is 0.257 e. The van der Waals surface area contributed by atoms with Crippen LogP contribution in [-0.4, -0.2) is 43.1 Å². The van der Waals surface area contributed by atoms with E-state index >= 15 is 0 Å². The van der Waals surface area contributed by atoms with Gasteiger partial charge in [-0.25, -0.2) is 9.97 Å². The zero-order chi connectivity index (χ0) is 14.7. The maximum Gasteiger partial charge on any atom is 0.257 e. The molecule has 0 spiro atoms. The van der Waals surface area contributed by atoms with E-state index in [2.05, 4.69) is 15.1 Å². The molecular weight excluding hydrogens is 266 g/mol. The lowest BCUT2D eigenvalue weighted by atomic mass is 10.0. The summed E-state index contributed by atoms with van der Waals surface area (Å²) in [6.07, 6.45) is 10.0. The normalized spacial score (nSPS) is 18.7. The summed E-state index contributed by atoms with van der Waals surface area (Å²) in [5, 5.41) is 4.25. The Morgan fingerprint density at radius 3 is 3.10 bits per heavy atom. The van der Waals surface area contributed by atoms with Crippen LogP contribution in [0.5, 0.6) is 0 Å². The van der Waals surface area contributed by atoms with Crippen molar-refractivity contribution in [1.29, 1.82) is 0 Å². The average molecular weight is 285 g/mol. The van der Waals surface area contributed by atoms with E-state index in [0.29, 0.717) is 5.56 Å². The van der Waals surface area contributed by atoms with Crippen LogP contribution in [0, 0.1) is 6.92 Å². The van der Waals surface area contributed by atoms with Gasteiger partial charge in [0.2, 0.25) is 0 Å². The standard InChI is InChI=1S/C15H19N5O/c1-12-14(9-16-11-17-12)15(21)20-8-3-2-5-13(20)10-19-7-4-6-18-19/h4,6-7,9,11,13H,2-3,5,8,10H2,1H3/t13-/m0/s1. The maximum atomic E-state index is 12.8. The summed E-state index contributed by atoms with van der Waals surface area (Å²) < 4.78 is 1.89. The first-order valence-electron chi connectivity index (χ1n) is 7.30. The molecule has 110 valence electrons. The predicted octanol–water partition coefficient (Wildman–Crippen LogP) is 1.68. The highest BCUT2D eigenvalue weighted by molar-refractivity contribution is 5.95. The van der Waals surface area contributed by atoms with Crippen LogP contribution in [0.4, 0.5) is 0 Å². The van der Waals surface area contributed by atoms with Gasteiger partial charge in [0, 0.05) is 25.1 Å². The van der Waals surface area contributed by atoms with Crippen LogP contribution in [0.25, 0.3) is 0 Å². The van der Waals surface area contributed by atoms with Gasteiger partial charge in [0.25, 0.3) is 5.91 Å². The zero-order valence-corrected chi connectivity index (χ0v) is 12.1. The van der Waals surface area contributed by atoms with Gasteiger partial charge in [0.1, 0.15) is 6.33 Å². The molecule has 0 aromatic carbocycles. The van der Waals surface area contributed by atoms with Crippen LogP contribution in [0.1, 0.15) is 35.3 Å². The minimum Gasteiger partial charge on any atom is -0.334 e. The molecule has 6 nitrogen and oxygen atoms in total. The van der Waals surface area contributed by atoms with E-state index in [0.717, 1.165) is 38.0 Å². The fraction of sp³-hybridized carbons (Fsp3) is 0.467. The van der Waals surface area contributed by atoms with Crippen LogP contribution >= 0.6 is 0 Å². The number of piperidine rings is 1. The van der Waals surface area contributed by atoms with E-state index < -0.39 is 0 Å². The lowest BCUT2D eigenvalue weighted by Crippen LogP contribution is -2.46. The summed E-state index contributed by atoms with van der Waals surface area (Å²) in [6.45, 7) is 3.38. The SMILES string of the molecule is Cc1ncncc1C(=O)N1CCCC[C@H]1Cn1cccn1. The molecule has 3 rings (SSSR count). The van der Waals surface area contributed by atoms with Gasteiger partial charge in [0.15, 0.2) is 0 Å². The number of hydrogen-bond acceptors (Lipinski definition) is 4. The summed E-state index contributed by atoms with van der Waals surface area (Å²) in [5.74, 6) is 0.0324. The zero-order valence-electron chi connectivity index (χ0n) is 12.1. The molecule has 2 aromatic heterocycles. The summed E-state index contributed by atoms with van der Waals surface area (Å²) >= 11 is 0. The molecule has 0 aliphatic carbocycles. The Morgan fingerprint density at radius 1 is 1.43 bits per heavy atom. The topological polar surface area (TPSA) is 63.9 Å². The van der Waals surface area contributed by atoms with Gasteiger partial charge < -0.3 is 4.90 Å². The van der Waals surface area contributed by atoms with Gasteiger partial charge in [-0.1, -0.05) is 0 Å². The number of carbonyl (C=O) groups excluding carboxylic acids is 1. The van der Waals surface area contributed by atoms with Crippen molar-refractivity contribution >= 4 is 5.91 Å². The van der Waals surface area contributed by atoms with Crippen molar-refractivity contribution in [3.8, 4) is 0 Å². The fourth-order valence-electron chi connectivity index (χ4n) is 2.84. The van der Waals surface area contributed by atoms with Crippen molar-refractivity contribution in [2.75, 3.05) is 6.54 Å². The summed E-state index contributed by atoms with van der Waals surface area (Å²) in [6, 6.07) is 2.09. The van der Waals surface area contributed by atoms with Crippen molar-refractivity contribution in [1.82, 2.24) is 24.6 Å². The Kier molecular flexibility index (Phi) is 3.94. The number of amides is 1. The third-order valence-corrected chi connectivity index (χ3v) is 3.99. The van der Waals surface area contributed by atoms with E-state index in [-0.39, 0.29) is 11.9 Å². The third kappa shape index (κ3) is 2.94. The maximum absolute atomic E-state index is 12.8. The Hall–Kier alpha value is -2.24. The van der Waals surface area contributed by atoms with Crippen LogP contribution < -0.4 is 0 Å². The minimum absolute atomic E-state index is 0.0324. The molecule has 1 amide bonds. The molecule has 0 unspecified atom stereocenters. The van der Waals surface area contributed by atoms with Gasteiger partial charge in [0.05, 0.1) is 23.8 Å². The molecule has 3 heterocycles. The van der Waals surface area contributed by atoms with E-state index in [9.17, 15) is 4.79 Å². The van der Waals surface area contributed by atoms with Crippen molar-refractivity contribution in [3.05, 3.63) is 42.2 Å². The number of likely N-dealkylation sites (tertiary alicyclic amines) is 1. The third-order valence-electron chi connectivity index (χ3n) is 3.99. The largest absolute Gasteiger partial charge is 0.334 e. The van der Waals surface area contributed by atoms with E-state index in [1.54, 1.807) is 12.4 Å². The number of aromatic nitrogens is 4. The van der Waals surface area contributed by atoms with Gasteiger partial charge >= 0.3 is 0 Å². The van der Waals surface area contributed by atoms with Crippen molar-refractivity contribution in [2.45, 2.75) is 38.8 Å². The molecule has 1 atom stereocenters. The first-order chi connectivity index (χ1) is 10.3. The molecule has 0 radical (unpaired) electrons. The van der Waals surface area contributed by atoms with Crippen LogP contribution in [-0.2, 0) is 6.54 Å². The summed E-state index contributed by atoms with van der Waals surface area (Å²) in [7, 11) is 0. The second-order valence-corrected chi connectivity index (χ2v) is 5.40. The van der Waals surface area contributed by atoms with Gasteiger partial charge in [-0.15, -0.1) is 0 Å². The molecule has 0 N–H and O–H groups in total. The molecule has 1 fully saturated rings. The van der Waals surface area contributed by atoms with Crippen molar-refractivity contribution in [2.24, 2.45) is 0 Å². The second-order valence-electron chi connectivity index (χ2n) is 5.40. The minimum atomic E-state index is 0.0324. The summed E-state index contributed by atoms with van der Waals surface area (Å²) in [5.41, 5.74) is 1.34. The number of hydrogen-bond donors (Lipinski definition) is 0. The number of aryl methyl sites for hydroxylation is 1. The highest BCUT2D eigenvalue weighted by Gasteiger charge is 2.28. The van der Waals surface area contributed by atoms with Crippen molar-refractivity contribution in [3.63, 3.8) is 0 Å². The van der Waals surface area contributed by atoms with Gasteiger partial charge in [-0.3, -0.25) is 9.48 Å². The molecule has 2 aromatic rings. The predicted molar refractivity (Wildman–Crippen MR) is 77.7 cm³/mol. The lowest BCUT2D eigenvalue weighted by Gasteiger charge is -2.35. The molecule has 0 bridgehead atoms. The van der Waals surface area contributed by atoms with E-state index in [4.69, 9.17) is 0 Å². The van der Waals surface area contributed by atoms with Gasteiger partial charge in [-0.2, -0.15) is 5.10 Å². The Morgan fingerprint density at radius 2 is 2.33 bits per heavy atom. The van der Waals surface area contributed by atoms with Crippen LogP contribution in [0.2, 0.25) is 0 Å². The van der Waals surface area contributed by atoms with Crippen LogP contribution in [0.15, 0.2) is 31.0 Å². The quantitative estimate of drug-likeness (QED) is 0.860. The molecule has 1 aliphatic heterocycles. The fourth-order valence-corrected chi connectivity index (χ4v) is 2.84.